The number of benzene rings is 2. The number of anilines is 1. The summed E-state index contributed by atoms with van der Waals surface area (Å²) in [6, 6.07) is 8.30. The Balaban J connectivity index is 2.16. The Morgan fingerprint density at radius 2 is 2.00 bits per heavy atom. The van der Waals surface area contributed by atoms with Crippen molar-refractivity contribution in [1.82, 2.24) is 0 Å². The van der Waals surface area contributed by atoms with Crippen molar-refractivity contribution in [2.24, 2.45) is 5.10 Å². The van der Waals surface area contributed by atoms with Gasteiger partial charge in [-0.2, -0.15) is 18.3 Å². The van der Waals surface area contributed by atoms with Gasteiger partial charge in [0.15, 0.2) is 11.5 Å². The second-order valence-corrected chi connectivity index (χ2v) is 5.77. The van der Waals surface area contributed by atoms with E-state index in [0.717, 1.165) is 12.1 Å². The molecule has 0 aliphatic heterocycles. The number of ether oxygens (including phenoxy) is 2. The Labute approximate surface area is 151 Å². The average molecular weight is 417 g/mol. The lowest BCUT2D eigenvalue weighted by molar-refractivity contribution is -0.137. The van der Waals surface area contributed by atoms with E-state index < -0.39 is 11.7 Å². The number of nitrogens with zero attached hydrogens (tertiary/aromatic N) is 1. The Morgan fingerprint density at radius 1 is 1.24 bits per heavy atom. The first-order valence-corrected chi connectivity index (χ1v) is 8.11. The standard InChI is InChI=1S/C17H16BrF3N2O2/c1-3-25-16-14(18)7-11(8-15(16)24-2)10-22-23-13-6-4-5-12(9-13)17(19,20)21/h4-10,23H,3H2,1-2H3. The van der Waals surface area contributed by atoms with Gasteiger partial charge in [0, 0.05) is 0 Å². The highest BCUT2D eigenvalue weighted by atomic mass is 79.9. The van der Waals surface area contributed by atoms with Crippen molar-refractivity contribution in [2.45, 2.75) is 13.1 Å². The predicted molar refractivity (Wildman–Crippen MR) is 94.5 cm³/mol. The maximum absolute atomic E-state index is 12.7. The van der Waals surface area contributed by atoms with Crippen LogP contribution in [0.25, 0.3) is 0 Å². The highest BCUT2D eigenvalue weighted by Gasteiger charge is 2.30. The van der Waals surface area contributed by atoms with E-state index in [-0.39, 0.29) is 5.69 Å². The van der Waals surface area contributed by atoms with E-state index in [1.807, 2.05) is 6.92 Å². The number of rotatable bonds is 6. The summed E-state index contributed by atoms with van der Waals surface area (Å²) in [6.45, 7) is 2.35. The zero-order chi connectivity index (χ0) is 18.4. The minimum absolute atomic E-state index is 0.239. The molecule has 0 aliphatic carbocycles. The second kappa shape index (κ2) is 8.24. The SMILES string of the molecule is CCOc1c(Br)cc(C=NNc2cccc(C(F)(F)F)c2)cc1OC. The van der Waals surface area contributed by atoms with Crippen LogP contribution in [0, 0.1) is 0 Å². The number of alkyl halides is 3. The highest BCUT2D eigenvalue weighted by Crippen LogP contribution is 2.36. The lowest BCUT2D eigenvalue weighted by Gasteiger charge is -2.12. The molecule has 4 nitrogen and oxygen atoms in total. The van der Waals surface area contributed by atoms with Gasteiger partial charge in [0.25, 0.3) is 0 Å². The molecule has 0 heterocycles. The summed E-state index contributed by atoms with van der Waals surface area (Å²) in [4.78, 5) is 0. The van der Waals surface area contributed by atoms with Crippen molar-refractivity contribution in [3.05, 3.63) is 52.0 Å². The fraction of sp³-hybridized carbons (Fsp3) is 0.235. The van der Waals surface area contributed by atoms with Gasteiger partial charge in [-0.3, -0.25) is 5.43 Å². The second-order valence-electron chi connectivity index (χ2n) is 4.92. The first kappa shape index (κ1) is 19.1. The molecule has 0 spiro atoms. The smallest absolute Gasteiger partial charge is 0.416 e. The predicted octanol–water partition coefficient (Wildman–Crippen LogP) is 5.32. The van der Waals surface area contributed by atoms with Crippen molar-refractivity contribution >= 4 is 27.8 Å². The molecule has 0 fully saturated rings. The molecule has 0 saturated carbocycles. The number of halogens is 4. The first-order chi connectivity index (χ1) is 11.8. The summed E-state index contributed by atoms with van der Waals surface area (Å²) < 4.78 is 49.5. The van der Waals surface area contributed by atoms with E-state index in [4.69, 9.17) is 9.47 Å². The van der Waals surface area contributed by atoms with Crippen LogP contribution < -0.4 is 14.9 Å². The van der Waals surface area contributed by atoms with Crippen molar-refractivity contribution in [2.75, 3.05) is 19.1 Å². The molecule has 25 heavy (non-hydrogen) atoms. The van der Waals surface area contributed by atoms with Crippen LogP contribution in [0.4, 0.5) is 18.9 Å². The van der Waals surface area contributed by atoms with E-state index in [9.17, 15) is 13.2 Å². The summed E-state index contributed by atoms with van der Waals surface area (Å²) in [5, 5.41) is 3.97. The van der Waals surface area contributed by atoms with Crippen molar-refractivity contribution in [1.29, 1.82) is 0 Å². The van der Waals surface area contributed by atoms with Gasteiger partial charge in [-0.15, -0.1) is 0 Å². The molecular weight excluding hydrogens is 401 g/mol. The minimum atomic E-state index is -4.39. The maximum atomic E-state index is 12.7. The zero-order valence-corrected chi connectivity index (χ0v) is 15.1. The molecule has 2 rings (SSSR count). The molecule has 2 aromatic carbocycles. The van der Waals surface area contributed by atoms with E-state index in [2.05, 4.69) is 26.5 Å². The van der Waals surface area contributed by atoms with Gasteiger partial charge in [0.05, 0.1) is 35.7 Å². The van der Waals surface area contributed by atoms with Crippen LogP contribution in [0.2, 0.25) is 0 Å². The zero-order valence-electron chi connectivity index (χ0n) is 13.5. The third kappa shape index (κ3) is 5.12. The molecule has 0 unspecified atom stereocenters. The first-order valence-electron chi connectivity index (χ1n) is 7.31. The molecule has 134 valence electrons. The van der Waals surface area contributed by atoms with Gasteiger partial charge >= 0.3 is 6.18 Å². The molecule has 8 heteroatoms. The Morgan fingerprint density at radius 3 is 2.64 bits per heavy atom. The maximum Gasteiger partial charge on any atom is 0.416 e. The Hall–Kier alpha value is -2.22. The summed E-state index contributed by atoms with van der Waals surface area (Å²) in [5.74, 6) is 1.10. The number of hydrazone groups is 1. The third-order valence-electron chi connectivity index (χ3n) is 3.14. The molecule has 0 aromatic heterocycles. The summed E-state index contributed by atoms with van der Waals surface area (Å²) in [6.07, 6.45) is -2.92. The number of hydrogen-bond donors (Lipinski definition) is 1. The van der Waals surface area contributed by atoms with Gasteiger partial charge in [-0.25, -0.2) is 0 Å². The van der Waals surface area contributed by atoms with E-state index >= 15 is 0 Å². The van der Waals surface area contributed by atoms with Gasteiger partial charge in [0.1, 0.15) is 0 Å². The van der Waals surface area contributed by atoms with Crippen LogP contribution in [-0.4, -0.2) is 19.9 Å². The molecule has 1 N–H and O–H groups in total. The van der Waals surface area contributed by atoms with Crippen LogP contribution in [0.5, 0.6) is 11.5 Å². The molecule has 0 aliphatic rings. The van der Waals surface area contributed by atoms with Crippen molar-refractivity contribution in [3.63, 3.8) is 0 Å². The quantitative estimate of drug-likeness (QED) is 0.511. The summed E-state index contributed by atoms with van der Waals surface area (Å²) >= 11 is 3.40. The van der Waals surface area contributed by atoms with Gasteiger partial charge in [-0.05, 0) is 58.7 Å². The lowest BCUT2D eigenvalue weighted by Crippen LogP contribution is -2.05. The Bertz CT molecular complexity index is 764. The van der Waals surface area contributed by atoms with Gasteiger partial charge in [-0.1, -0.05) is 6.07 Å². The molecule has 0 bridgehead atoms. The number of methoxy groups -OCH3 is 1. The van der Waals surface area contributed by atoms with Crippen LogP contribution >= 0.6 is 15.9 Å². The lowest BCUT2D eigenvalue weighted by atomic mass is 10.2. The number of nitrogens with one attached hydrogen (secondary N) is 1. The van der Waals surface area contributed by atoms with Crippen molar-refractivity contribution in [3.8, 4) is 11.5 Å². The molecule has 0 atom stereocenters. The fourth-order valence-electron chi connectivity index (χ4n) is 2.05. The fourth-order valence-corrected chi connectivity index (χ4v) is 2.62. The monoisotopic (exact) mass is 416 g/mol. The normalized spacial score (nSPS) is 11.6. The molecule has 0 saturated heterocycles. The molecule has 0 amide bonds. The van der Waals surface area contributed by atoms with Gasteiger partial charge < -0.3 is 9.47 Å². The van der Waals surface area contributed by atoms with E-state index in [1.165, 1.54) is 25.5 Å². The molecule has 0 radical (unpaired) electrons. The van der Waals surface area contributed by atoms with E-state index in [0.29, 0.717) is 28.1 Å². The summed E-state index contributed by atoms with van der Waals surface area (Å²) in [5.41, 5.74) is 2.77. The number of hydrogen-bond acceptors (Lipinski definition) is 4. The largest absolute Gasteiger partial charge is 0.493 e. The topological polar surface area (TPSA) is 42.8 Å². The Kier molecular flexibility index (Phi) is 6.30. The van der Waals surface area contributed by atoms with Crippen LogP contribution in [0.15, 0.2) is 46.0 Å². The van der Waals surface area contributed by atoms with Crippen molar-refractivity contribution < 1.29 is 22.6 Å². The van der Waals surface area contributed by atoms with E-state index in [1.54, 1.807) is 12.1 Å². The van der Waals surface area contributed by atoms with Crippen LogP contribution in [-0.2, 0) is 6.18 Å². The molecule has 2 aromatic rings. The van der Waals surface area contributed by atoms with Crippen LogP contribution in [0.3, 0.4) is 0 Å². The highest BCUT2D eigenvalue weighted by molar-refractivity contribution is 9.10. The van der Waals surface area contributed by atoms with Crippen LogP contribution in [0.1, 0.15) is 18.1 Å². The molecular formula is C17H16BrF3N2O2. The summed E-state index contributed by atoms with van der Waals surface area (Å²) in [7, 11) is 1.52. The van der Waals surface area contributed by atoms with Gasteiger partial charge in [0.2, 0.25) is 0 Å². The average Bonchev–Trinajstić information content (AvgIpc) is 2.56. The third-order valence-corrected chi connectivity index (χ3v) is 3.73. The minimum Gasteiger partial charge on any atom is -0.493 e.